The number of nitrogens with zero attached hydrogens (tertiary/aromatic N) is 6. The molecule has 2 N–H and O–H groups in total. The Balaban J connectivity index is 1.50. The number of piperazine rings is 1. The van der Waals surface area contributed by atoms with Crippen molar-refractivity contribution >= 4 is 11.9 Å². The number of rotatable bonds is 4. The maximum atomic E-state index is 13.2. The highest BCUT2D eigenvalue weighted by Crippen LogP contribution is 2.10. The molecule has 0 saturated carbocycles. The highest BCUT2D eigenvalue weighted by atomic mass is 19.1. The second-order valence-corrected chi connectivity index (χ2v) is 5.48. The lowest BCUT2D eigenvalue weighted by atomic mass is 10.2. The molecule has 9 heteroatoms. The predicted octanol–water partition coefficient (Wildman–Crippen LogP) is -0.261. The summed E-state index contributed by atoms with van der Waals surface area (Å²) in [5, 5.41) is 10.6. The second-order valence-electron chi connectivity index (χ2n) is 5.48. The van der Waals surface area contributed by atoms with Crippen molar-refractivity contribution in [3.8, 4) is 0 Å². The SMILES string of the molecule is Nc1nnnn1CC(=O)N1CCN(Cc2cccc(F)c2)CC1. The Labute approximate surface area is 132 Å². The van der Waals surface area contributed by atoms with Gasteiger partial charge in [0.25, 0.3) is 0 Å². The van der Waals surface area contributed by atoms with Crippen LogP contribution in [0, 0.1) is 5.82 Å². The summed E-state index contributed by atoms with van der Waals surface area (Å²) < 4.78 is 14.5. The van der Waals surface area contributed by atoms with Crippen molar-refractivity contribution in [2.24, 2.45) is 0 Å². The van der Waals surface area contributed by atoms with Gasteiger partial charge < -0.3 is 10.6 Å². The molecule has 0 atom stereocenters. The van der Waals surface area contributed by atoms with Crippen LogP contribution >= 0.6 is 0 Å². The third-order valence-electron chi connectivity index (χ3n) is 3.86. The molecule has 0 bridgehead atoms. The smallest absolute Gasteiger partial charge is 0.244 e. The Hall–Kier alpha value is -2.55. The monoisotopic (exact) mass is 319 g/mol. The number of tetrazole rings is 1. The normalized spacial score (nSPS) is 15.8. The molecule has 0 aliphatic carbocycles. The van der Waals surface area contributed by atoms with E-state index in [-0.39, 0.29) is 24.2 Å². The van der Waals surface area contributed by atoms with Crippen LogP contribution in [0.5, 0.6) is 0 Å². The van der Waals surface area contributed by atoms with E-state index in [1.54, 1.807) is 11.0 Å². The lowest BCUT2D eigenvalue weighted by Gasteiger charge is -2.34. The van der Waals surface area contributed by atoms with Crippen LogP contribution in [0.3, 0.4) is 0 Å². The topological polar surface area (TPSA) is 93.2 Å². The van der Waals surface area contributed by atoms with Crippen molar-refractivity contribution in [3.63, 3.8) is 0 Å². The van der Waals surface area contributed by atoms with Gasteiger partial charge in [0.05, 0.1) is 0 Å². The summed E-state index contributed by atoms with van der Waals surface area (Å²) in [6, 6.07) is 6.59. The molecule has 1 amide bonds. The van der Waals surface area contributed by atoms with E-state index in [0.717, 1.165) is 18.7 Å². The fourth-order valence-electron chi connectivity index (χ4n) is 2.60. The number of amides is 1. The van der Waals surface area contributed by atoms with E-state index >= 15 is 0 Å². The van der Waals surface area contributed by atoms with Gasteiger partial charge in [-0.3, -0.25) is 9.69 Å². The molecular weight excluding hydrogens is 301 g/mol. The largest absolute Gasteiger partial charge is 0.367 e. The van der Waals surface area contributed by atoms with Crippen LogP contribution in [-0.4, -0.2) is 62.1 Å². The Morgan fingerprint density at radius 2 is 2.04 bits per heavy atom. The zero-order valence-electron chi connectivity index (χ0n) is 12.6. The maximum Gasteiger partial charge on any atom is 0.244 e. The molecule has 0 radical (unpaired) electrons. The minimum absolute atomic E-state index is 0.0444. The Morgan fingerprint density at radius 3 is 2.70 bits per heavy atom. The predicted molar refractivity (Wildman–Crippen MR) is 80.5 cm³/mol. The minimum atomic E-state index is -0.227. The lowest BCUT2D eigenvalue weighted by Crippen LogP contribution is -2.49. The van der Waals surface area contributed by atoms with Gasteiger partial charge in [-0.25, -0.2) is 9.07 Å². The standard InChI is InChI=1S/C14H18FN7O/c15-12-3-1-2-11(8-12)9-20-4-6-21(7-5-20)13(23)10-22-14(16)17-18-19-22/h1-3,8H,4-7,9-10H2,(H2,16,17,19). The maximum absolute atomic E-state index is 13.2. The van der Waals surface area contributed by atoms with Gasteiger partial charge in [-0.15, -0.1) is 0 Å². The molecule has 2 aromatic rings. The number of hydrogen-bond acceptors (Lipinski definition) is 6. The highest BCUT2D eigenvalue weighted by Gasteiger charge is 2.22. The Kier molecular flexibility index (Phi) is 4.47. The van der Waals surface area contributed by atoms with Gasteiger partial charge >= 0.3 is 0 Å². The van der Waals surface area contributed by atoms with Gasteiger partial charge in [-0.2, -0.15) is 0 Å². The van der Waals surface area contributed by atoms with Gasteiger partial charge in [0.15, 0.2) is 0 Å². The first-order valence-electron chi connectivity index (χ1n) is 7.38. The third kappa shape index (κ3) is 3.81. The van der Waals surface area contributed by atoms with Crippen molar-refractivity contribution in [2.45, 2.75) is 13.1 Å². The quantitative estimate of drug-likeness (QED) is 0.834. The summed E-state index contributed by atoms with van der Waals surface area (Å²) in [5.41, 5.74) is 6.49. The summed E-state index contributed by atoms with van der Waals surface area (Å²) in [6.07, 6.45) is 0. The van der Waals surface area contributed by atoms with Crippen LogP contribution in [0.1, 0.15) is 5.56 Å². The Bertz CT molecular complexity index is 681. The molecule has 2 heterocycles. The first kappa shape index (κ1) is 15.3. The summed E-state index contributed by atoms with van der Waals surface area (Å²) in [7, 11) is 0. The van der Waals surface area contributed by atoms with Crippen molar-refractivity contribution in [2.75, 3.05) is 31.9 Å². The molecule has 8 nitrogen and oxygen atoms in total. The van der Waals surface area contributed by atoms with E-state index in [4.69, 9.17) is 5.73 Å². The number of hydrogen-bond donors (Lipinski definition) is 1. The number of anilines is 1. The summed E-state index contributed by atoms with van der Waals surface area (Å²) in [6.45, 7) is 3.45. The summed E-state index contributed by atoms with van der Waals surface area (Å²) in [5.74, 6) is -0.159. The number of nitrogens with two attached hydrogens (primary N) is 1. The van der Waals surface area contributed by atoms with E-state index in [9.17, 15) is 9.18 Å². The molecule has 1 fully saturated rings. The van der Waals surface area contributed by atoms with Gasteiger partial charge in [-0.05, 0) is 28.1 Å². The number of benzene rings is 1. The fraction of sp³-hybridized carbons (Fsp3) is 0.429. The second kappa shape index (κ2) is 6.69. The van der Waals surface area contributed by atoms with Crippen molar-refractivity contribution < 1.29 is 9.18 Å². The summed E-state index contributed by atoms with van der Waals surface area (Å²) >= 11 is 0. The van der Waals surface area contributed by atoms with Gasteiger partial charge in [0, 0.05) is 32.7 Å². The van der Waals surface area contributed by atoms with Crippen LogP contribution in [0.15, 0.2) is 24.3 Å². The molecule has 3 rings (SSSR count). The highest BCUT2D eigenvalue weighted by molar-refractivity contribution is 5.76. The number of carbonyl (C=O) groups excluding carboxylic acids is 1. The number of carbonyl (C=O) groups is 1. The molecule has 1 aliphatic rings. The van der Waals surface area contributed by atoms with E-state index < -0.39 is 0 Å². The lowest BCUT2D eigenvalue weighted by molar-refractivity contribution is -0.133. The van der Waals surface area contributed by atoms with E-state index in [1.165, 1.54) is 16.8 Å². The van der Waals surface area contributed by atoms with Crippen LogP contribution in [0.4, 0.5) is 10.3 Å². The fourth-order valence-corrected chi connectivity index (χ4v) is 2.60. The first-order chi connectivity index (χ1) is 11.1. The molecule has 23 heavy (non-hydrogen) atoms. The number of aromatic nitrogens is 4. The Morgan fingerprint density at radius 1 is 1.26 bits per heavy atom. The van der Waals surface area contributed by atoms with Crippen LogP contribution in [0.25, 0.3) is 0 Å². The van der Waals surface area contributed by atoms with Crippen LogP contribution in [0.2, 0.25) is 0 Å². The van der Waals surface area contributed by atoms with Crippen molar-refractivity contribution in [1.29, 1.82) is 0 Å². The zero-order valence-corrected chi connectivity index (χ0v) is 12.6. The molecule has 1 aromatic heterocycles. The average Bonchev–Trinajstić information content (AvgIpc) is 2.93. The molecule has 1 aliphatic heterocycles. The van der Waals surface area contributed by atoms with Crippen LogP contribution < -0.4 is 5.73 Å². The van der Waals surface area contributed by atoms with Crippen molar-refractivity contribution in [1.82, 2.24) is 30.0 Å². The van der Waals surface area contributed by atoms with E-state index in [1.807, 2.05) is 6.07 Å². The molecular formula is C14H18FN7O. The number of halogens is 1. The van der Waals surface area contributed by atoms with Gasteiger partial charge in [-0.1, -0.05) is 17.2 Å². The summed E-state index contributed by atoms with van der Waals surface area (Å²) in [4.78, 5) is 16.2. The number of nitrogen functional groups attached to an aromatic ring is 1. The molecule has 1 saturated heterocycles. The third-order valence-corrected chi connectivity index (χ3v) is 3.86. The van der Waals surface area contributed by atoms with Gasteiger partial charge in [0.2, 0.25) is 11.9 Å². The molecule has 122 valence electrons. The van der Waals surface area contributed by atoms with E-state index in [0.29, 0.717) is 19.6 Å². The van der Waals surface area contributed by atoms with E-state index in [2.05, 4.69) is 20.4 Å². The average molecular weight is 319 g/mol. The zero-order chi connectivity index (χ0) is 16.2. The molecule has 1 aromatic carbocycles. The molecule has 0 unspecified atom stereocenters. The minimum Gasteiger partial charge on any atom is -0.367 e. The van der Waals surface area contributed by atoms with Crippen molar-refractivity contribution in [3.05, 3.63) is 35.6 Å². The first-order valence-corrected chi connectivity index (χ1v) is 7.38. The van der Waals surface area contributed by atoms with Crippen LogP contribution in [-0.2, 0) is 17.9 Å². The van der Waals surface area contributed by atoms with Gasteiger partial charge in [0.1, 0.15) is 12.4 Å². The molecule has 0 spiro atoms.